The number of hydrogen-bond donors (Lipinski definition) is 1. The van der Waals surface area contributed by atoms with E-state index < -0.39 is 0 Å². The van der Waals surface area contributed by atoms with Crippen LogP contribution in [0.25, 0.3) is 5.69 Å². The molecule has 7 heteroatoms. The van der Waals surface area contributed by atoms with Crippen LogP contribution in [0.15, 0.2) is 48.9 Å². The number of amides is 1. The minimum Gasteiger partial charge on any atom is -0.325 e. The zero-order valence-electron chi connectivity index (χ0n) is 16.4. The number of carbonyl (C=O) groups is 1. The van der Waals surface area contributed by atoms with Gasteiger partial charge in [0, 0.05) is 42.9 Å². The van der Waals surface area contributed by atoms with Gasteiger partial charge in [-0.3, -0.25) is 14.4 Å². The van der Waals surface area contributed by atoms with Crippen LogP contribution in [0.1, 0.15) is 30.5 Å². The number of anilines is 1. The van der Waals surface area contributed by atoms with Crippen LogP contribution in [0, 0.1) is 6.92 Å². The molecule has 1 aromatic carbocycles. The molecule has 7 nitrogen and oxygen atoms in total. The normalized spacial score (nSPS) is 17.6. The maximum Gasteiger partial charge on any atom is 0.241 e. The van der Waals surface area contributed by atoms with Crippen molar-refractivity contribution in [3.05, 3.63) is 60.2 Å². The number of nitrogens with one attached hydrogen (secondary N) is 1. The topological polar surface area (TPSA) is 68.0 Å². The summed E-state index contributed by atoms with van der Waals surface area (Å²) in [7, 11) is 1.95. The fourth-order valence-electron chi connectivity index (χ4n) is 3.74. The highest BCUT2D eigenvalue weighted by molar-refractivity contribution is 5.95. The second kappa shape index (κ2) is 7.98. The number of likely N-dealkylation sites (tertiary alicyclic amines) is 1. The molecule has 0 aliphatic carbocycles. The second-order valence-corrected chi connectivity index (χ2v) is 7.35. The Morgan fingerprint density at radius 2 is 2.04 bits per heavy atom. The summed E-state index contributed by atoms with van der Waals surface area (Å²) in [4.78, 5) is 15.3. The van der Waals surface area contributed by atoms with Crippen molar-refractivity contribution < 1.29 is 4.79 Å². The van der Waals surface area contributed by atoms with E-state index in [0.29, 0.717) is 0 Å². The van der Waals surface area contributed by atoms with Gasteiger partial charge in [0.15, 0.2) is 0 Å². The molecule has 1 unspecified atom stereocenters. The molecule has 1 aliphatic heterocycles. The van der Waals surface area contributed by atoms with Gasteiger partial charge in [-0.2, -0.15) is 10.2 Å². The molecule has 1 atom stereocenters. The summed E-state index contributed by atoms with van der Waals surface area (Å²) in [6.07, 6.45) is 8.65. The Bertz CT molecular complexity index is 928. The molecule has 1 N–H and O–H groups in total. The Kier molecular flexibility index (Phi) is 5.25. The van der Waals surface area contributed by atoms with Crippen LogP contribution in [0.4, 0.5) is 5.69 Å². The van der Waals surface area contributed by atoms with Gasteiger partial charge in [0.25, 0.3) is 0 Å². The van der Waals surface area contributed by atoms with Crippen molar-refractivity contribution in [2.45, 2.75) is 38.8 Å². The van der Waals surface area contributed by atoms with Crippen molar-refractivity contribution in [3.63, 3.8) is 0 Å². The molecule has 0 radical (unpaired) electrons. The van der Waals surface area contributed by atoms with Gasteiger partial charge in [-0.05, 0) is 56.6 Å². The van der Waals surface area contributed by atoms with E-state index in [1.165, 1.54) is 5.56 Å². The third kappa shape index (κ3) is 3.84. The number of hydrogen-bond acceptors (Lipinski definition) is 4. The Morgan fingerprint density at radius 1 is 1.21 bits per heavy atom. The molecule has 3 heterocycles. The van der Waals surface area contributed by atoms with Gasteiger partial charge in [-0.25, -0.2) is 4.68 Å². The van der Waals surface area contributed by atoms with E-state index in [2.05, 4.69) is 27.3 Å². The SMILES string of the molecule is Cc1c(CN2CCCCC2C(=O)Nc2ccc(-n3cccn3)cc2)cnn1C. The quantitative estimate of drug-likeness (QED) is 0.741. The van der Waals surface area contributed by atoms with Crippen LogP contribution in [-0.4, -0.2) is 43.0 Å². The van der Waals surface area contributed by atoms with Crippen molar-refractivity contribution in [1.29, 1.82) is 0 Å². The summed E-state index contributed by atoms with van der Waals surface area (Å²) >= 11 is 0. The first kappa shape index (κ1) is 18.4. The average Bonchev–Trinajstić information content (AvgIpc) is 3.35. The van der Waals surface area contributed by atoms with Crippen LogP contribution in [0.5, 0.6) is 0 Å². The lowest BCUT2D eigenvalue weighted by molar-refractivity contribution is -0.122. The molecule has 1 aliphatic rings. The number of aromatic nitrogens is 4. The van der Waals surface area contributed by atoms with E-state index in [9.17, 15) is 4.79 Å². The molecule has 0 bridgehead atoms. The first-order chi connectivity index (χ1) is 13.6. The number of benzene rings is 1. The minimum atomic E-state index is -0.112. The Balaban J connectivity index is 1.44. The Morgan fingerprint density at radius 3 is 2.71 bits per heavy atom. The summed E-state index contributed by atoms with van der Waals surface area (Å²) in [5, 5.41) is 11.6. The first-order valence-corrected chi connectivity index (χ1v) is 9.74. The number of aryl methyl sites for hydroxylation is 1. The van der Waals surface area contributed by atoms with Crippen molar-refractivity contribution in [2.24, 2.45) is 7.05 Å². The van der Waals surface area contributed by atoms with Crippen LogP contribution in [0.2, 0.25) is 0 Å². The molecule has 3 aromatic rings. The fourth-order valence-corrected chi connectivity index (χ4v) is 3.74. The lowest BCUT2D eigenvalue weighted by atomic mass is 10.0. The van der Waals surface area contributed by atoms with E-state index in [4.69, 9.17) is 0 Å². The summed E-state index contributed by atoms with van der Waals surface area (Å²) in [6.45, 7) is 3.77. The molecular weight excluding hydrogens is 352 g/mol. The van der Waals surface area contributed by atoms with Crippen LogP contribution in [-0.2, 0) is 18.4 Å². The molecule has 4 rings (SSSR count). The second-order valence-electron chi connectivity index (χ2n) is 7.35. The number of nitrogens with zero attached hydrogens (tertiary/aromatic N) is 5. The molecule has 146 valence electrons. The van der Waals surface area contributed by atoms with Gasteiger partial charge < -0.3 is 5.32 Å². The summed E-state index contributed by atoms with van der Waals surface area (Å²) in [5.74, 6) is 0.0630. The van der Waals surface area contributed by atoms with E-state index in [-0.39, 0.29) is 11.9 Å². The van der Waals surface area contributed by atoms with Gasteiger partial charge in [0.2, 0.25) is 5.91 Å². The molecule has 1 saturated heterocycles. The van der Waals surface area contributed by atoms with Gasteiger partial charge in [0.1, 0.15) is 0 Å². The summed E-state index contributed by atoms with van der Waals surface area (Å²) in [5.41, 5.74) is 4.11. The monoisotopic (exact) mass is 378 g/mol. The largest absolute Gasteiger partial charge is 0.325 e. The summed E-state index contributed by atoms with van der Waals surface area (Å²) < 4.78 is 3.68. The van der Waals surface area contributed by atoms with E-state index in [0.717, 1.165) is 49.4 Å². The Hall–Kier alpha value is -2.93. The molecule has 2 aromatic heterocycles. The van der Waals surface area contributed by atoms with E-state index in [1.807, 2.05) is 54.5 Å². The standard InChI is InChI=1S/C21H26N6O/c1-16-17(14-23-25(16)2)15-26-12-4-3-6-20(26)21(28)24-18-7-9-19(10-8-18)27-13-5-11-22-27/h5,7-11,13-14,20H,3-4,6,12,15H2,1-2H3,(H,24,28). The van der Waals surface area contributed by atoms with Crippen LogP contribution >= 0.6 is 0 Å². The molecular formula is C21H26N6O. The number of piperidine rings is 1. The highest BCUT2D eigenvalue weighted by Gasteiger charge is 2.29. The van der Waals surface area contributed by atoms with Crippen molar-refractivity contribution >= 4 is 11.6 Å². The first-order valence-electron chi connectivity index (χ1n) is 9.74. The van der Waals surface area contributed by atoms with Gasteiger partial charge in [-0.15, -0.1) is 0 Å². The van der Waals surface area contributed by atoms with Crippen LogP contribution < -0.4 is 5.32 Å². The molecule has 1 amide bonds. The summed E-state index contributed by atoms with van der Waals surface area (Å²) in [6, 6.07) is 9.54. The highest BCUT2D eigenvalue weighted by Crippen LogP contribution is 2.22. The molecule has 1 fully saturated rings. The predicted octanol–water partition coefficient (Wildman–Crippen LogP) is 2.91. The third-order valence-electron chi connectivity index (χ3n) is 5.53. The van der Waals surface area contributed by atoms with Crippen LogP contribution in [0.3, 0.4) is 0 Å². The average molecular weight is 378 g/mol. The zero-order chi connectivity index (χ0) is 19.5. The maximum atomic E-state index is 13.0. The van der Waals surface area contributed by atoms with Crippen molar-refractivity contribution in [2.75, 3.05) is 11.9 Å². The van der Waals surface area contributed by atoms with Gasteiger partial charge in [-0.1, -0.05) is 6.42 Å². The highest BCUT2D eigenvalue weighted by atomic mass is 16.2. The zero-order valence-corrected chi connectivity index (χ0v) is 16.4. The molecule has 0 saturated carbocycles. The molecule has 0 spiro atoms. The fraction of sp³-hybridized carbons (Fsp3) is 0.381. The van der Waals surface area contributed by atoms with Crippen molar-refractivity contribution in [3.8, 4) is 5.69 Å². The minimum absolute atomic E-state index is 0.0630. The molecule has 28 heavy (non-hydrogen) atoms. The number of carbonyl (C=O) groups excluding carboxylic acids is 1. The number of rotatable bonds is 5. The lowest BCUT2D eigenvalue weighted by Gasteiger charge is -2.34. The van der Waals surface area contributed by atoms with E-state index >= 15 is 0 Å². The van der Waals surface area contributed by atoms with Crippen molar-refractivity contribution in [1.82, 2.24) is 24.5 Å². The maximum absolute atomic E-state index is 13.0. The van der Waals surface area contributed by atoms with Gasteiger partial charge >= 0.3 is 0 Å². The third-order valence-corrected chi connectivity index (χ3v) is 5.53. The predicted molar refractivity (Wildman–Crippen MR) is 108 cm³/mol. The van der Waals surface area contributed by atoms with Gasteiger partial charge in [0.05, 0.1) is 17.9 Å². The Labute approximate surface area is 165 Å². The smallest absolute Gasteiger partial charge is 0.241 e. The lowest BCUT2D eigenvalue weighted by Crippen LogP contribution is -2.46. The van der Waals surface area contributed by atoms with E-state index in [1.54, 1.807) is 10.9 Å².